The second-order valence-corrected chi connectivity index (χ2v) is 7.36. The minimum absolute atomic E-state index is 0.0663. The fourth-order valence-electron chi connectivity index (χ4n) is 2.90. The number of thioether (sulfide) groups is 1. The molecule has 1 aliphatic rings. The third kappa shape index (κ3) is 3.68. The monoisotopic (exact) mass is 359 g/mol. The Hall–Kier alpha value is -2.35. The van der Waals surface area contributed by atoms with Crippen LogP contribution in [0.15, 0.2) is 29.4 Å². The van der Waals surface area contributed by atoms with Crippen LogP contribution in [-0.2, 0) is 29.5 Å². The number of carbonyl (C=O) groups excluding carboxylic acids is 2. The molecule has 1 atom stereocenters. The van der Waals surface area contributed by atoms with Crippen LogP contribution >= 0.6 is 11.8 Å². The molecule has 132 valence electrons. The van der Waals surface area contributed by atoms with Crippen molar-refractivity contribution < 1.29 is 9.59 Å². The van der Waals surface area contributed by atoms with E-state index in [2.05, 4.69) is 16.3 Å². The Morgan fingerprint density at radius 3 is 2.84 bits per heavy atom. The molecule has 3 rings (SSSR count). The van der Waals surface area contributed by atoms with E-state index >= 15 is 0 Å². The predicted molar refractivity (Wildman–Crippen MR) is 96.3 cm³/mol. The highest BCUT2D eigenvalue weighted by Crippen LogP contribution is 2.31. The number of primary amides is 1. The molecule has 1 aliphatic heterocycles. The molecule has 0 radical (unpaired) electrons. The lowest BCUT2D eigenvalue weighted by Gasteiger charge is -2.21. The maximum absolute atomic E-state index is 12.8. The maximum Gasteiger partial charge on any atom is 0.240 e. The van der Waals surface area contributed by atoms with E-state index in [-0.39, 0.29) is 23.5 Å². The fourth-order valence-corrected chi connectivity index (χ4v) is 3.79. The van der Waals surface area contributed by atoms with Crippen LogP contribution in [0, 0.1) is 0 Å². The van der Waals surface area contributed by atoms with Crippen LogP contribution in [-0.4, -0.2) is 38.4 Å². The summed E-state index contributed by atoms with van der Waals surface area (Å²) >= 11 is 1.38. The molecule has 0 unspecified atom stereocenters. The van der Waals surface area contributed by atoms with E-state index in [4.69, 9.17) is 5.73 Å². The quantitative estimate of drug-likeness (QED) is 0.785. The molecule has 0 saturated heterocycles. The number of rotatable bonds is 6. The van der Waals surface area contributed by atoms with Crippen molar-refractivity contribution >= 4 is 29.3 Å². The molecule has 2 aromatic rings. The van der Waals surface area contributed by atoms with Crippen LogP contribution in [0.2, 0.25) is 0 Å². The van der Waals surface area contributed by atoms with Gasteiger partial charge in [0.1, 0.15) is 5.82 Å². The maximum atomic E-state index is 12.8. The van der Waals surface area contributed by atoms with Crippen molar-refractivity contribution in [2.45, 2.75) is 36.6 Å². The van der Waals surface area contributed by atoms with Gasteiger partial charge < -0.3 is 15.2 Å². The zero-order chi connectivity index (χ0) is 18.0. The summed E-state index contributed by atoms with van der Waals surface area (Å²) in [5.74, 6) is 0.387. The van der Waals surface area contributed by atoms with Crippen molar-refractivity contribution in [2.24, 2.45) is 12.8 Å². The van der Waals surface area contributed by atoms with Gasteiger partial charge in [0.2, 0.25) is 11.8 Å². The Morgan fingerprint density at radius 1 is 1.32 bits per heavy atom. The number of benzene rings is 1. The minimum Gasteiger partial charge on any atom is -0.370 e. The first kappa shape index (κ1) is 17.5. The molecule has 8 heteroatoms. The molecule has 0 fully saturated rings. The van der Waals surface area contributed by atoms with Gasteiger partial charge in [-0.3, -0.25) is 9.59 Å². The number of hydrogen-bond donors (Lipinski definition) is 1. The molecule has 0 aliphatic carbocycles. The lowest BCUT2D eigenvalue weighted by atomic mass is 10.2. The van der Waals surface area contributed by atoms with Gasteiger partial charge in [-0.1, -0.05) is 30.0 Å². The number of fused-ring (bicyclic) bond motifs is 1. The van der Waals surface area contributed by atoms with Crippen LogP contribution < -0.4 is 10.6 Å². The smallest absolute Gasteiger partial charge is 0.240 e. The molecular weight excluding hydrogens is 338 g/mol. The highest BCUT2D eigenvalue weighted by molar-refractivity contribution is 8.00. The highest BCUT2D eigenvalue weighted by Gasteiger charge is 2.29. The molecule has 0 saturated carbocycles. The largest absolute Gasteiger partial charge is 0.370 e. The van der Waals surface area contributed by atoms with E-state index < -0.39 is 0 Å². The molecule has 0 spiro atoms. The second kappa shape index (κ2) is 7.26. The van der Waals surface area contributed by atoms with Crippen LogP contribution in [0.4, 0.5) is 5.69 Å². The SMILES string of the molecule is C[C@@H](Sc1nnc(CCC(N)=O)n1C)C(=O)N1CCc2ccccc21. The van der Waals surface area contributed by atoms with Crippen LogP contribution in [0.25, 0.3) is 0 Å². The van der Waals surface area contributed by atoms with Crippen molar-refractivity contribution in [3.63, 3.8) is 0 Å². The first-order valence-corrected chi connectivity index (χ1v) is 9.08. The van der Waals surface area contributed by atoms with Crippen LogP contribution in [0.3, 0.4) is 0 Å². The molecule has 7 nitrogen and oxygen atoms in total. The average Bonchev–Trinajstić information content (AvgIpc) is 3.17. The fraction of sp³-hybridized carbons (Fsp3) is 0.412. The molecular formula is C17H21N5O2S. The zero-order valence-electron chi connectivity index (χ0n) is 14.3. The van der Waals surface area contributed by atoms with Gasteiger partial charge in [0.15, 0.2) is 5.16 Å². The summed E-state index contributed by atoms with van der Waals surface area (Å²) in [5, 5.41) is 8.61. The molecule has 2 amide bonds. The van der Waals surface area contributed by atoms with Crippen molar-refractivity contribution in [2.75, 3.05) is 11.4 Å². The number of nitrogens with two attached hydrogens (primary N) is 1. The zero-order valence-corrected chi connectivity index (χ0v) is 15.1. The minimum atomic E-state index is -0.367. The summed E-state index contributed by atoms with van der Waals surface area (Å²) in [4.78, 5) is 25.6. The third-order valence-electron chi connectivity index (χ3n) is 4.30. The Bertz CT molecular complexity index is 804. The van der Waals surface area contributed by atoms with E-state index in [1.165, 1.54) is 17.3 Å². The predicted octanol–water partition coefficient (Wildman–Crippen LogP) is 1.30. The first-order chi connectivity index (χ1) is 12.0. The average molecular weight is 359 g/mol. The van der Waals surface area contributed by atoms with E-state index in [1.54, 1.807) is 0 Å². The van der Waals surface area contributed by atoms with E-state index in [0.29, 0.717) is 23.9 Å². The van der Waals surface area contributed by atoms with Gasteiger partial charge in [0.25, 0.3) is 0 Å². The number of nitrogens with zero attached hydrogens (tertiary/aromatic N) is 4. The van der Waals surface area contributed by atoms with Gasteiger partial charge in [-0.15, -0.1) is 10.2 Å². The van der Waals surface area contributed by atoms with Gasteiger partial charge in [-0.2, -0.15) is 0 Å². The number of aromatic nitrogens is 3. The first-order valence-electron chi connectivity index (χ1n) is 8.20. The third-order valence-corrected chi connectivity index (χ3v) is 5.42. The Labute approximate surface area is 150 Å². The van der Waals surface area contributed by atoms with E-state index in [1.807, 2.05) is 41.6 Å². The summed E-state index contributed by atoms with van der Waals surface area (Å²) in [7, 11) is 1.83. The van der Waals surface area contributed by atoms with Crippen molar-refractivity contribution in [3.8, 4) is 0 Å². The molecule has 2 N–H and O–H groups in total. The summed E-state index contributed by atoms with van der Waals surface area (Å²) < 4.78 is 1.81. The summed E-state index contributed by atoms with van der Waals surface area (Å²) in [6, 6.07) is 8.00. The van der Waals surface area contributed by atoms with Crippen molar-refractivity contribution in [1.29, 1.82) is 0 Å². The number of hydrogen-bond acceptors (Lipinski definition) is 5. The normalized spacial score (nSPS) is 14.4. The molecule has 1 aromatic carbocycles. The topological polar surface area (TPSA) is 94.1 Å². The van der Waals surface area contributed by atoms with Crippen molar-refractivity contribution in [1.82, 2.24) is 14.8 Å². The van der Waals surface area contributed by atoms with E-state index in [9.17, 15) is 9.59 Å². The van der Waals surface area contributed by atoms with Crippen molar-refractivity contribution in [3.05, 3.63) is 35.7 Å². The lowest BCUT2D eigenvalue weighted by molar-refractivity contribution is -0.118. The Morgan fingerprint density at radius 2 is 2.08 bits per heavy atom. The standard InChI is InChI=1S/C17H21N5O2S/c1-11(16(24)22-10-9-12-5-3-4-6-13(12)22)25-17-20-19-15(21(17)2)8-7-14(18)23/h3-6,11H,7-10H2,1-2H3,(H2,18,23)/t11-/m1/s1. The molecule has 1 aromatic heterocycles. The summed E-state index contributed by atoms with van der Waals surface area (Å²) in [5.41, 5.74) is 7.38. The van der Waals surface area contributed by atoms with Gasteiger partial charge >= 0.3 is 0 Å². The Kier molecular flexibility index (Phi) is 5.08. The number of anilines is 1. The lowest BCUT2D eigenvalue weighted by Crippen LogP contribution is -2.35. The molecule has 2 heterocycles. The van der Waals surface area contributed by atoms with Gasteiger partial charge in [0.05, 0.1) is 5.25 Å². The summed E-state index contributed by atoms with van der Waals surface area (Å²) in [6.45, 7) is 2.59. The Balaban J connectivity index is 1.67. The van der Waals surface area contributed by atoms with Crippen LogP contribution in [0.5, 0.6) is 0 Å². The molecule has 25 heavy (non-hydrogen) atoms. The molecule has 0 bridgehead atoms. The van der Waals surface area contributed by atoms with Gasteiger partial charge in [-0.25, -0.2) is 0 Å². The van der Waals surface area contributed by atoms with Gasteiger partial charge in [-0.05, 0) is 25.0 Å². The summed E-state index contributed by atoms with van der Waals surface area (Å²) in [6.07, 6.45) is 1.57. The number of carbonyl (C=O) groups is 2. The van der Waals surface area contributed by atoms with Gasteiger partial charge in [0, 0.05) is 32.1 Å². The number of amides is 2. The van der Waals surface area contributed by atoms with Crippen LogP contribution in [0.1, 0.15) is 24.7 Å². The highest BCUT2D eigenvalue weighted by atomic mass is 32.2. The number of para-hydroxylation sites is 1. The van der Waals surface area contributed by atoms with E-state index in [0.717, 1.165) is 12.1 Å². The number of aryl methyl sites for hydroxylation is 1. The second-order valence-electron chi connectivity index (χ2n) is 6.05.